The Kier molecular flexibility index (Phi) is 6.64. The summed E-state index contributed by atoms with van der Waals surface area (Å²) in [6, 6.07) is 0.548. The van der Waals surface area contributed by atoms with Crippen molar-refractivity contribution >= 4 is 29.3 Å². The van der Waals surface area contributed by atoms with Crippen LogP contribution in [0.3, 0.4) is 0 Å². The van der Waals surface area contributed by atoms with Gasteiger partial charge in [-0.2, -0.15) is 0 Å². The monoisotopic (exact) mass is 404 g/mol. The van der Waals surface area contributed by atoms with Gasteiger partial charge in [0.15, 0.2) is 0 Å². The Morgan fingerprint density at radius 2 is 2.07 bits per heavy atom. The number of benzene rings is 1. The van der Waals surface area contributed by atoms with Crippen molar-refractivity contribution in [3.63, 3.8) is 0 Å². The summed E-state index contributed by atoms with van der Waals surface area (Å²) in [6.45, 7) is 3.56. The number of ether oxygens (including phenoxy) is 1. The fourth-order valence-corrected chi connectivity index (χ4v) is 3.14. The van der Waals surface area contributed by atoms with Crippen molar-refractivity contribution in [2.45, 2.75) is 44.8 Å². The van der Waals surface area contributed by atoms with E-state index in [1.165, 1.54) is 14.0 Å². The average Bonchev–Trinajstić information content (AvgIpc) is 2.92. The fourth-order valence-electron chi connectivity index (χ4n) is 2.98. The molecule has 1 aliphatic rings. The van der Waals surface area contributed by atoms with Gasteiger partial charge in [-0.15, -0.1) is 0 Å². The molecule has 2 rings (SSSR count). The van der Waals surface area contributed by atoms with E-state index >= 15 is 0 Å². The topological polar surface area (TPSA) is 70.1 Å². The molecule has 6 nitrogen and oxygen atoms in total. The smallest absolute Gasteiger partial charge is 0.410 e. The zero-order valence-electron chi connectivity index (χ0n) is 15.5. The molecule has 1 heterocycles. The van der Waals surface area contributed by atoms with Gasteiger partial charge in [-0.3, -0.25) is 9.69 Å². The number of unbranched alkanes of at least 4 members (excludes halogenated alkanes) is 1. The molecule has 1 saturated heterocycles. The molecule has 1 N–H and O–H groups in total. The number of aliphatic hydroxyl groups is 1. The molecule has 0 saturated carbocycles. The summed E-state index contributed by atoms with van der Waals surface area (Å²) in [7, 11) is 1.29. The number of halogens is 3. The molecular weight excluding hydrogens is 382 g/mol. The summed E-state index contributed by atoms with van der Waals surface area (Å²) >= 11 is 5.69. The van der Waals surface area contributed by atoms with Gasteiger partial charge in [-0.1, -0.05) is 24.9 Å². The zero-order chi connectivity index (χ0) is 20.4. The highest BCUT2D eigenvalue weighted by atomic mass is 35.5. The third-order valence-corrected chi connectivity index (χ3v) is 4.73. The van der Waals surface area contributed by atoms with E-state index in [0.29, 0.717) is 12.5 Å². The lowest BCUT2D eigenvalue weighted by Gasteiger charge is -2.27. The number of likely N-dealkylation sites (N-methyl/N-ethyl adjacent to an activating group) is 1. The lowest BCUT2D eigenvalue weighted by molar-refractivity contribution is -0.122. The van der Waals surface area contributed by atoms with E-state index in [9.17, 15) is 23.5 Å². The van der Waals surface area contributed by atoms with Gasteiger partial charge in [0, 0.05) is 19.5 Å². The molecule has 0 aliphatic carbocycles. The Bertz CT molecular complexity index is 730. The molecule has 0 radical (unpaired) electrons. The van der Waals surface area contributed by atoms with Crippen molar-refractivity contribution in [2.24, 2.45) is 0 Å². The standard InChI is InChI=1S/C18H23ClF2N2O4/c1-4-5-6-27-17(25)23-10-18(2,26)9-15(23)16(24)22(3)14-7-11(19)12(20)8-13(14)21/h7-8,15,26H,4-6,9-10H2,1-3H3/t15-,18-/m0/s1. The van der Waals surface area contributed by atoms with Gasteiger partial charge in [-0.05, 0) is 19.4 Å². The number of hydrogen-bond donors (Lipinski definition) is 1. The van der Waals surface area contributed by atoms with Crippen LogP contribution in [0.2, 0.25) is 5.02 Å². The number of nitrogens with zero attached hydrogens (tertiary/aromatic N) is 2. The first kappa shape index (κ1) is 21.4. The van der Waals surface area contributed by atoms with Crippen LogP contribution >= 0.6 is 11.6 Å². The Balaban J connectivity index is 2.23. The van der Waals surface area contributed by atoms with E-state index in [-0.39, 0.29) is 30.3 Å². The first-order valence-corrected chi connectivity index (χ1v) is 9.03. The van der Waals surface area contributed by atoms with Crippen LogP contribution in [0, 0.1) is 11.6 Å². The van der Waals surface area contributed by atoms with E-state index < -0.39 is 35.3 Å². The number of β-amino-alcohol motifs (C(OH)–C–C–N with tert-alkyl or cyclic N) is 1. The summed E-state index contributed by atoms with van der Waals surface area (Å²) < 4.78 is 32.6. The predicted octanol–water partition coefficient (Wildman–Crippen LogP) is 3.34. The van der Waals surface area contributed by atoms with E-state index in [1.54, 1.807) is 0 Å². The Labute approximate surface area is 161 Å². The van der Waals surface area contributed by atoms with Crippen molar-refractivity contribution in [3.05, 3.63) is 28.8 Å². The molecular formula is C18H23ClF2N2O4. The number of anilines is 1. The van der Waals surface area contributed by atoms with Gasteiger partial charge >= 0.3 is 6.09 Å². The maximum atomic E-state index is 14.1. The molecule has 0 unspecified atom stereocenters. The minimum atomic E-state index is -1.29. The highest BCUT2D eigenvalue weighted by molar-refractivity contribution is 6.31. The fraction of sp³-hybridized carbons (Fsp3) is 0.556. The van der Waals surface area contributed by atoms with E-state index in [0.717, 1.165) is 22.3 Å². The van der Waals surface area contributed by atoms with Gasteiger partial charge in [0.05, 0.1) is 29.5 Å². The molecule has 9 heteroatoms. The molecule has 0 bridgehead atoms. The van der Waals surface area contributed by atoms with Crippen LogP contribution < -0.4 is 4.90 Å². The van der Waals surface area contributed by atoms with Gasteiger partial charge in [-0.25, -0.2) is 13.6 Å². The van der Waals surface area contributed by atoms with Gasteiger partial charge in [0.2, 0.25) is 5.91 Å². The average molecular weight is 405 g/mol. The molecule has 1 aromatic rings. The number of carbonyl (C=O) groups is 2. The summed E-state index contributed by atoms with van der Waals surface area (Å²) in [5, 5.41) is 9.99. The quantitative estimate of drug-likeness (QED) is 0.603. The summed E-state index contributed by atoms with van der Waals surface area (Å²) in [6.07, 6.45) is 0.759. The largest absolute Gasteiger partial charge is 0.449 e. The van der Waals surface area contributed by atoms with E-state index in [1.807, 2.05) is 6.92 Å². The molecule has 0 spiro atoms. The van der Waals surface area contributed by atoms with Crippen molar-refractivity contribution in [1.82, 2.24) is 4.90 Å². The maximum absolute atomic E-state index is 14.1. The maximum Gasteiger partial charge on any atom is 0.410 e. The molecule has 0 aromatic heterocycles. The summed E-state index contributed by atoms with van der Waals surface area (Å²) in [5.41, 5.74) is -1.51. The van der Waals surface area contributed by atoms with Crippen LogP contribution in [0.15, 0.2) is 12.1 Å². The molecule has 2 amide bonds. The molecule has 2 atom stereocenters. The second kappa shape index (κ2) is 8.39. The number of carbonyl (C=O) groups excluding carboxylic acids is 2. The number of hydrogen-bond acceptors (Lipinski definition) is 4. The number of amides is 2. The third-order valence-electron chi connectivity index (χ3n) is 4.44. The van der Waals surface area contributed by atoms with E-state index in [4.69, 9.17) is 16.3 Å². The van der Waals surface area contributed by atoms with E-state index in [2.05, 4.69) is 0 Å². The predicted molar refractivity (Wildman–Crippen MR) is 96.8 cm³/mol. The van der Waals surface area contributed by atoms with Crippen LogP contribution in [-0.4, -0.2) is 53.8 Å². The lowest BCUT2D eigenvalue weighted by atomic mass is 10.0. The molecule has 1 aromatic carbocycles. The number of rotatable bonds is 5. The van der Waals surface area contributed by atoms with Crippen LogP contribution in [0.25, 0.3) is 0 Å². The molecule has 1 aliphatic heterocycles. The first-order valence-electron chi connectivity index (χ1n) is 8.65. The molecule has 150 valence electrons. The van der Waals surface area contributed by atoms with Crippen LogP contribution in [0.4, 0.5) is 19.3 Å². The van der Waals surface area contributed by atoms with Crippen LogP contribution in [0.5, 0.6) is 0 Å². The van der Waals surface area contributed by atoms with Crippen molar-refractivity contribution in [2.75, 3.05) is 25.1 Å². The van der Waals surface area contributed by atoms with Crippen LogP contribution in [0.1, 0.15) is 33.1 Å². The van der Waals surface area contributed by atoms with Crippen molar-refractivity contribution < 1.29 is 28.2 Å². The summed E-state index contributed by atoms with van der Waals surface area (Å²) in [4.78, 5) is 27.3. The second-order valence-corrected chi connectivity index (χ2v) is 7.33. The zero-order valence-corrected chi connectivity index (χ0v) is 16.2. The summed E-state index contributed by atoms with van der Waals surface area (Å²) in [5.74, 6) is -2.54. The minimum Gasteiger partial charge on any atom is -0.449 e. The highest BCUT2D eigenvalue weighted by Crippen LogP contribution is 2.31. The van der Waals surface area contributed by atoms with Gasteiger partial charge in [0.1, 0.15) is 17.7 Å². The first-order chi connectivity index (χ1) is 12.6. The normalized spacial score (nSPS) is 22.0. The lowest BCUT2D eigenvalue weighted by Crippen LogP contribution is -2.47. The SMILES string of the molecule is CCCCOC(=O)N1C[C@@](C)(O)C[C@H]1C(=O)N(C)c1cc(Cl)c(F)cc1F. The van der Waals surface area contributed by atoms with Crippen molar-refractivity contribution in [1.29, 1.82) is 0 Å². The Hall–Kier alpha value is -1.93. The minimum absolute atomic E-state index is 0.0321. The third kappa shape index (κ3) is 4.87. The Morgan fingerprint density at radius 3 is 2.70 bits per heavy atom. The molecule has 1 fully saturated rings. The highest BCUT2D eigenvalue weighted by Gasteiger charge is 2.47. The molecule has 27 heavy (non-hydrogen) atoms. The number of likely N-dealkylation sites (tertiary alicyclic amines) is 1. The second-order valence-electron chi connectivity index (χ2n) is 6.93. The Morgan fingerprint density at radius 1 is 1.41 bits per heavy atom. The van der Waals surface area contributed by atoms with Gasteiger partial charge < -0.3 is 14.7 Å². The van der Waals surface area contributed by atoms with Crippen LogP contribution in [-0.2, 0) is 9.53 Å². The van der Waals surface area contributed by atoms with Gasteiger partial charge in [0.25, 0.3) is 0 Å². The van der Waals surface area contributed by atoms with Crippen molar-refractivity contribution in [3.8, 4) is 0 Å².